The van der Waals surface area contributed by atoms with Gasteiger partial charge in [-0.05, 0) is 139 Å². The van der Waals surface area contributed by atoms with E-state index >= 15 is 0 Å². The van der Waals surface area contributed by atoms with Gasteiger partial charge < -0.3 is 14.5 Å². The minimum Gasteiger partial charge on any atom is -0.457 e. The molecule has 5 nitrogen and oxygen atoms in total. The van der Waals surface area contributed by atoms with Crippen molar-refractivity contribution in [3.63, 3.8) is 0 Å². The van der Waals surface area contributed by atoms with Crippen LogP contribution in [0.1, 0.15) is 155 Å². The van der Waals surface area contributed by atoms with Crippen LogP contribution < -0.4 is 14.5 Å². The monoisotopic (exact) mass is 991 g/mol. The van der Waals surface area contributed by atoms with Crippen molar-refractivity contribution in [1.29, 1.82) is 0 Å². The lowest BCUT2D eigenvalue weighted by molar-refractivity contribution is 0.479. The Bertz CT molecular complexity index is 3560. The fourth-order valence-electron chi connectivity index (χ4n) is 10.8. The SMILES string of the molecule is CC(C)(C)c1cc(Oc2ccc3c4cc(C(C)(C)C)ccc4n(-c4cc(C(C)(C)c5ccccc5)ccn4)c3c2)cc(N2CN(c3cc(C(C)(C)C)cc(C(C)(C)C)c3)c3cc(C(C)(C)c4ccccc4)ccc32)c1. The van der Waals surface area contributed by atoms with Crippen LogP contribution in [0.3, 0.4) is 0 Å². The zero-order chi connectivity index (χ0) is 53.6. The molecule has 384 valence electrons. The molecule has 0 spiro atoms. The summed E-state index contributed by atoms with van der Waals surface area (Å²) in [6, 6.07) is 60.9. The Labute approximate surface area is 448 Å². The van der Waals surface area contributed by atoms with Crippen LogP contribution in [0.15, 0.2) is 170 Å². The van der Waals surface area contributed by atoms with Crippen molar-refractivity contribution in [3.8, 4) is 17.3 Å². The third-order valence-corrected chi connectivity index (χ3v) is 16.1. The summed E-state index contributed by atoms with van der Waals surface area (Å²) in [5.74, 6) is 2.44. The molecule has 0 radical (unpaired) electrons. The second-order valence-corrected chi connectivity index (χ2v) is 26.4. The summed E-state index contributed by atoms with van der Waals surface area (Å²) in [7, 11) is 0. The van der Waals surface area contributed by atoms with Crippen LogP contribution in [0.2, 0.25) is 0 Å². The second kappa shape index (κ2) is 18.3. The molecule has 0 unspecified atom stereocenters. The van der Waals surface area contributed by atoms with Crippen molar-refractivity contribution in [2.24, 2.45) is 0 Å². The lowest BCUT2D eigenvalue weighted by atomic mass is 9.78. The predicted molar refractivity (Wildman–Crippen MR) is 319 cm³/mol. The molecule has 1 aliphatic rings. The number of aromatic nitrogens is 2. The minimum absolute atomic E-state index is 0.0148. The molecule has 3 heterocycles. The van der Waals surface area contributed by atoms with E-state index in [9.17, 15) is 0 Å². The van der Waals surface area contributed by atoms with E-state index in [0.717, 1.165) is 39.4 Å². The summed E-state index contributed by atoms with van der Waals surface area (Å²) in [6.07, 6.45) is 1.96. The van der Waals surface area contributed by atoms with E-state index in [1.807, 2.05) is 6.20 Å². The normalized spacial score (nSPS) is 13.8. The molecule has 7 aromatic carbocycles. The second-order valence-electron chi connectivity index (χ2n) is 26.4. The van der Waals surface area contributed by atoms with Crippen molar-refractivity contribution in [2.45, 2.75) is 143 Å². The fraction of sp³-hybridized carbons (Fsp3) is 0.329. The molecule has 5 heteroatoms. The van der Waals surface area contributed by atoms with E-state index in [4.69, 9.17) is 9.72 Å². The first kappa shape index (κ1) is 51.4. The quantitative estimate of drug-likeness (QED) is 0.144. The van der Waals surface area contributed by atoms with Crippen LogP contribution in [-0.4, -0.2) is 16.2 Å². The molecular weight excluding hydrogens is 913 g/mol. The zero-order valence-corrected chi connectivity index (χ0v) is 47.6. The highest BCUT2D eigenvalue weighted by atomic mass is 16.5. The highest BCUT2D eigenvalue weighted by Gasteiger charge is 2.34. The average Bonchev–Trinajstić information content (AvgIpc) is 3.91. The number of nitrogens with zero attached hydrogens (tertiary/aromatic N) is 4. The van der Waals surface area contributed by atoms with Crippen LogP contribution >= 0.6 is 0 Å². The molecule has 0 saturated heterocycles. The molecule has 0 aliphatic carbocycles. The fourth-order valence-corrected chi connectivity index (χ4v) is 10.8. The first-order chi connectivity index (χ1) is 35.2. The molecule has 0 bridgehead atoms. The Morgan fingerprint density at radius 2 is 0.880 bits per heavy atom. The van der Waals surface area contributed by atoms with E-state index < -0.39 is 0 Å². The third kappa shape index (κ3) is 9.76. The maximum atomic E-state index is 7.17. The highest BCUT2D eigenvalue weighted by Crippen LogP contribution is 2.50. The summed E-state index contributed by atoms with van der Waals surface area (Å²) < 4.78 is 9.50. The van der Waals surface area contributed by atoms with Crippen molar-refractivity contribution in [1.82, 2.24) is 9.55 Å². The Balaban J connectivity index is 1.11. The van der Waals surface area contributed by atoms with Gasteiger partial charge in [-0.15, -0.1) is 0 Å². The lowest BCUT2D eigenvalue weighted by Gasteiger charge is -2.30. The smallest absolute Gasteiger partial charge is 0.137 e. The van der Waals surface area contributed by atoms with Gasteiger partial charge in [0.05, 0.1) is 22.4 Å². The molecule has 0 N–H and O–H groups in total. The Kier molecular flexibility index (Phi) is 12.6. The molecule has 0 atom stereocenters. The minimum atomic E-state index is -0.235. The van der Waals surface area contributed by atoms with E-state index in [1.165, 1.54) is 67.0 Å². The first-order valence-electron chi connectivity index (χ1n) is 27.0. The molecule has 2 aromatic heterocycles. The Hall–Kier alpha value is -7.11. The molecule has 0 fully saturated rings. The van der Waals surface area contributed by atoms with Crippen molar-refractivity contribution in [2.75, 3.05) is 16.5 Å². The molecular formula is C70H78N4O. The Morgan fingerprint density at radius 3 is 1.45 bits per heavy atom. The van der Waals surface area contributed by atoms with Crippen LogP contribution in [-0.2, 0) is 32.5 Å². The van der Waals surface area contributed by atoms with Crippen LogP contribution in [0.25, 0.3) is 27.6 Å². The van der Waals surface area contributed by atoms with Gasteiger partial charge in [0, 0.05) is 51.3 Å². The molecule has 75 heavy (non-hydrogen) atoms. The van der Waals surface area contributed by atoms with Gasteiger partial charge in [0.1, 0.15) is 24.0 Å². The van der Waals surface area contributed by atoms with E-state index in [0.29, 0.717) is 6.67 Å². The largest absolute Gasteiger partial charge is 0.457 e. The lowest BCUT2D eigenvalue weighted by Crippen LogP contribution is -2.26. The topological polar surface area (TPSA) is 33.5 Å². The van der Waals surface area contributed by atoms with Gasteiger partial charge in [-0.3, -0.25) is 4.57 Å². The van der Waals surface area contributed by atoms with E-state index in [2.05, 4.69) is 289 Å². The number of benzene rings is 7. The summed E-state index contributed by atoms with van der Waals surface area (Å²) in [6.45, 7) is 37.6. The number of hydrogen-bond donors (Lipinski definition) is 0. The molecule has 10 rings (SSSR count). The number of anilines is 4. The summed E-state index contributed by atoms with van der Waals surface area (Å²) >= 11 is 0. The average molecular weight is 991 g/mol. The number of ether oxygens (including phenoxy) is 1. The molecule has 0 saturated carbocycles. The number of rotatable bonds is 9. The van der Waals surface area contributed by atoms with Gasteiger partial charge in [0.15, 0.2) is 0 Å². The Morgan fingerprint density at radius 1 is 0.360 bits per heavy atom. The maximum absolute atomic E-state index is 7.17. The van der Waals surface area contributed by atoms with Gasteiger partial charge >= 0.3 is 0 Å². The van der Waals surface area contributed by atoms with Crippen molar-refractivity contribution in [3.05, 3.63) is 214 Å². The number of fused-ring (bicyclic) bond motifs is 4. The molecule has 1 aliphatic heterocycles. The van der Waals surface area contributed by atoms with Gasteiger partial charge in [-0.1, -0.05) is 190 Å². The maximum Gasteiger partial charge on any atom is 0.137 e. The molecule has 9 aromatic rings. The van der Waals surface area contributed by atoms with Crippen molar-refractivity contribution >= 4 is 44.6 Å². The summed E-state index contributed by atoms with van der Waals surface area (Å²) in [5, 5.41) is 2.36. The third-order valence-electron chi connectivity index (χ3n) is 16.1. The zero-order valence-electron chi connectivity index (χ0n) is 47.6. The number of pyridine rings is 1. The van der Waals surface area contributed by atoms with Crippen LogP contribution in [0.5, 0.6) is 11.5 Å². The number of hydrogen-bond acceptors (Lipinski definition) is 4. The standard InChI is InChI=1S/C70H78N4O/c1-65(2,3)48-27-31-60-59(40-48)58-30-29-56(44-62(58)74(60)64-42-50(33-34-71-64)70(15,16)47-25-21-18-22-26-47)75-57-39-53(68(10,11)12)38-55(43-57)72-45-73(54-36-51(66(4,5)6)35-52(37-54)67(7,8)9)63-41-49(28-32-61(63)72)69(13,14)46-23-19-17-20-24-46/h17-44H,45H2,1-16H3. The van der Waals surface area contributed by atoms with Gasteiger partial charge in [-0.2, -0.15) is 0 Å². The first-order valence-corrected chi connectivity index (χ1v) is 27.0. The molecule has 0 amide bonds. The van der Waals surface area contributed by atoms with Crippen molar-refractivity contribution < 1.29 is 4.74 Å². The van der Waals surface area contributed by atoms with Gasteiger partial charge in [0.2, 0.25) is 0 Å². The predicted octanol–water partition coefficient (Wildman–Crippen LogP) is 19.1. The van der Waals surface area contributed by atoms with E-state index in [-0.39, 0.29) is 32.5 Å². The summed E-state index contributed by atoms with van der Waals surface area (Å²) in [4.78, 5) is 10.1. The van der Waals surface area contributed by atoms with Gasteiger partial charge in [0.25, 0.3) is 0 Å². The van der Waals surface area contributed by atoms with Gasteiger partial charge in [-0.25, -0.2) is 4.98 Å². The van der Waals surface area contributed by atoms with E-state index in [1.54, 1.807) is 0 Å². The summed E-state index contributed by atoms with van der Waals surface area (Å²) in [5.41, 5.74) is 16.3. The van der Waals surface area contributed by atoms with Crippen LogP contribution in [0, 0.1) is 0 Å². The highest BCUT2D eigenvalue weighted by molar-refractivity contribution is 6.10. The van der Waals surface area contributed by atoms with Crippen LogP contribution in [0.4, 0.5) is 22.7 Å².